The monoisotopic (exact) mass is 225 g/mol. The molecule has 0 bridgehead atoms. The van der Waals surface area contributed by atoms with Crippen molar-refractivity contribution < 1.29 is 19.1 Å². The van der Waals surface area contributed by atoms with Gasteiger partial charge in [0.25, 0.3) is 0 Å². The number of carbonyl (C=O) groups excluding carboxylic acids is 2. The highest BCUT2D eigenvalue weighted by atomic mass is 16.6. The van der Waals surface area contributed by atoms with Gasteiger partial charge in [0.05, 0.1) is 13.2 Å². The van der Waals surface area contributed by atoms with E-state index in [-0.39, 0.29) is 5.97 Å². The van der Waals surface area contributed by atoms with Gasteiger partial charge in [-0.15, -0.1) is 0 Å². The molecule has 1 fully saturated rings. The Labute approximate surface area is 94.3 Å². The number of carbonyl (C=O) groups is 2. The average Bonchev–Trinajstić information content (AvgIpc) is 2.29. The minimum absolute atomic E-state index is 0.378. The first kappa shape index (κ1) is 12.4. The second-order valence-corrected chi connectivity index (χ2v) is 3.22. The molecule has 0 aliphatic carbocycles. The Balaban J connectivity index is 2.68. The highest BCUT2D eigenvalue weighted by Gasteiger charge is 2.15. The van der Waals surface area contributed by atoms with Gasteiger partial charge in [-0.3, -0.25) is 9.59 Å². The second kappa shape index (κ2) is 6.79. The smallest absolute Gasteiger partial charge is 0.309 e. The van der Waals surface area contributed by atoms with Crippen LogP contribution in [-0.2, 0) is 19.1 Å². The maximum Gasteiger partial charge on any atom is 0.309 e. The fourth-order valence-electron chi connectivity index (χ4n) is 1.32. The van der Waals surface area contributed by atoms with Gasteiger partial charge in [-0.05, 0) is 12.2 Å². The molecule has 1 aliphatic heterocycles. The number of hydrogen-bond acceptors (Lipinski definition) is 5. The predicted molar refractivity (Wildman–Crippen MR) is 57.4 cm³/mol. The van der Waals surface area contributed by atoms with Crippen molar-refractivity contribution in [2.45, 2.75) is 6.92 Å². The third-order valence-electron chi connectivity index (χ3n) is 2.00. The van der Waals surface area contributed by atoms with E-state index in [0.717, 1.165) is 0 Å². The molecule has 0 aromatic heterocycles. The van der Waals surface area contributed by atoms with Crippen molar-refractivity contribution in [2.24, 2.45) is 0 Å². The summed E-state index contributed by atoms with van der Waals surface area (Å²) in [6, 6.07) is 0. The Morgan fingerprint density at radius 3 is 2.56 bits per heavy atom. The van der Waals surface area contributed by atoms with Gasteiger partial charge in [-0.1, -0.05) is 6.08 Å². The van der Waals surface area contributed by atoms with Crippen LogP contribution in [0.25, 0.3) is 0 Å². The molecular weight excluding hydrogens is 210 g/mol. The quantitative estimate of drug-likeness (QED) is 0.229. The zero-order chi connectivity index (χ0) is 11.8. The molecule has 0 unspecified atom stereocenters. The number of ether oxygens (including phenoxy) is 2. The number of nitrogens with zero attached hydrogens (tertiary/aromatic N) is 1. The number of morpholine rings is 1. The van der Waals surface area contributed by atoms with Crippen LogP contribution in [0.2, 0.25) is 0 Å². The van der Waals surface area contributed by atoms with Crippen molar-refractivity contribution in [1.82, 2.24) is 4.90 Å². The van der Waals surface area contributed by atoms with Gasteiger partial charge < -0.3 is 14.4 Å². The van der Waals surface area contributed by atoms with E-state index in [1.165, 1.54) is 13.0 Å². The standard InChI is InChI=1S/C11H15NO4/c1-10(14)16-11(4-2-3-7-13)12-5-8-15-9-6-12/h2-4,7H,5-6,8-9H2,1H3/b3-2+,11-4-. The fourth-order valence-corrected chi connectivity index (χ4v) is 1.32. The van der Waals surface area contributed by atoms with E-state index in [1.807, 2.05) is 4.90 Å². The van der Waals surface area contributed by atoms with Crippen LogP contribution in [0.5, 0.6) is 0 Å². The van der Waals surface area contributed by atoms with E-state index < -0.39 is 0 Å². The van der Waals surface area contributed by atoms with Crippen molar-refractivity contribution in [1.29, 1.82) is 0 Å². The lowest BCUT2D eigenvalue weighted by Gasteiger charge is -2.29. The molecule has 0 radical (unpaired) electrons. The van der Waals surface area contributed by atoms with Crippen LogP contribution in [-0.4, -0.2) is 43.5 Å². The summed E-state index contributed by atoms with van der Waals surface area (Å²) in [7, 11) is 0. The molecule has 88 valence electrons. The molecule has 0 spiro atoms. The van der Waals surface area contributed by atoms with E-state index in [0.29, 0.717) is 38.5 Å². The lowest BCUT2D eigenvalue weighted by atomic mass is 10.4. The van der Waals surface area contributed by atoms with Crippen molar-refractivity contribution in [3.05, 3.63) is 24.1 Å². The van der Waals surface area contributed by atoms with Gasteiger partial charge in [0, 0.05) is 20.0 Å². The van der Waals surface area contributed by atoms with E-state index in [2.05, 4.69) is 0 Å². The van der Waals surface area contributed by atoms with Crippen LogP contribution in [0.4, 0.5) is 0 Å². The van der Waals surface area contributed by atoms with Crippen LogP contribution in [0, 0.1) is 0 Å². The molecule has 0 N–H and O–H groups in total. The molecule has 1 rings (SSSR count). The predicted octanol–water partition coefficient (Wildman–Crippen LogP) is 0.478. The fraction of sp³-hybridized carbons (Fsp3) is 0.455. The molecule has 5 heteroatoms. The first-order chi connectivity index (χ1) is 7.74. The zero-order valence-corrected chi connectivity index (χ0v) is 9.22. The summed E-state index contributed by atoms with van der Waals surface area (Å²) >= 11 is 0. The highest BCUT2D eigenvalue weighted by molar-refractivity contribution is 5.67. The summed E-state index contributed by atoms with van der Waals surface area (Å²) in [5.41, 5.74) is 0. The average molecular weight is 225 g/mol. The van der Waals surface area contributed by atoms with Gasteiger partial charge >= 0.3 is 5.97 Å². The SMILES string of the molecule is CC(=O)O/C(=C\C=C\C=O)N1CCOCC1. The maximum absolute atomic E-state index is 10.9. The summed E-state index contributed by atoms with van der Waals surface area (Å²) in [5, 5.41) is 0. The summed E-state index contributed by atoms with van der Waals surface area (Å²) < 4.78 is 10.3. The third kappa shape index (κ3) is 4.27. The number of allylic oxidation sites excluding steroid dienone is 3. The molecule has 0 atom stereocenters. The molecule has 0 aromatic carbocycles. The number of rotatable bonds is 4. The summed E-state index contributed by atoms with van der Waals surface area (Å²) in [4.78, 5) is 22.9. The van der Waals surface area contributed by atoms with Crippen molar-refractivity contribution >= 4 is 12.3 Å². The molecular formula is C11H15NO4. The molecule has 5 nitrogen and oxygen atoms in total. The number of hydrogen-bond donors (Lipinski definition) is 0. The first-order valence-electron chi connectivity index (χ1n) is 5.07. The molecule has 1 heterocycles. The Morgan fingerprint density at radius 2 is 2.00 bits per heavy atom. The molecule has 0 aromatic rings. The van der Waals surface area contributed by atoms with Crippen LogP contribution >= 0.6 is 0 Å². The maximum atomic E-state index is 10.9. The Bertz CT molecular complexity index is 303. The number of esters is 1. The van der Waals surface area contributed by atoms with Crippen LogP contribution in [0.15, 0.2) is 24.1 Å². The molecule has 0 amide bonds. The van der Waals surface area contributed by atoms with Gasteiger partial charge in [-0.25, -0.2) is 0 Å². The minimum atomic E-state index is -0.378. The molecule has 16 heavy (non-hydrogen) atoms. The van der Waals surface area contributed by atoms with E-state index in [9.17, 15) is 9.59 Å². The van der Waals surface area contributed by atoms with Crippen LogP contribution in [0.1, 0.15) is 6.92 Å². The topological polar surface area (TPSA) is 55.8 Å². The summed E-state index contributed by atoms with van der Waals surface area (Å²) in [6.45, 7) is 3.91. The Morgan fingerprint density at radius 1 is 1.31 bits per heavy atom. The van der Waals surface area contributed by atoms with Crippen molar-refractivity contribution in [3.63, 3.8) is 0 Å². The largest absolute Gasteiger partial charge is 0.410 e. The number of aldehydes is 1. The first-order valence-corrected chi connectivity index (χ1v) is 5.07. The molecule has 1 saturated heterocycles. The lowest BCUT2D eigenvalue weighted by Crippen LogP contribution is -2.36. The van der Waals surface area contributed by atoms with Gasteiger partial charge in [-0.2, -0.15) is 0 Å². The van der Waals surface area contributed by atoms with E-state index in [4.69, 9.17) is 9.47 Å². The normalized spacial score (nSPS) is 17.6. The second-order valence-electron chi connectivity index (χ2n) is 3.22. The molecule has 0 saturated carbocycles. The van der Waals surface area contributed by atoms with Crippen molar-refractivity contribution in [2.75, 3.05) is 26.3 Å². The molecule has 1 aliphatic rings. The zero-order valence-electron chi connectivity index (χ0n) is 9.22. The highest BCUT2D eigenvalue weighted by Crippen LogP contribution is 2.09. The van der Waals surface area contributed by atoms with Crippen LogP contribution in [0.3, 0.4) is 0 Å². The van der Waals surface area contributed by atoms with Gasteiger partial charge in [0.15, 0.2) is 5.88 Å². The Hall–Kier alpha value is -1.62. The Kier molecular flexibility index (Phi) is 5.28. The third-order valence-corrected chi connectivity index (χ3v) is 2.00. The van der Waals surface area contributed by atoms with E-state index >= 15 is 0 Å². The van der Waals surface area contributed by atoms with Gasteiger partial charge in [0.1, 0.15) is 6.29 Å². The summed E-state index contributed by atoms with van der Waals surface area (Å²) in [5.74, 6) is 0.0751. The van der Waals surface area contributed by atoms with Crippen LogP contribution < -0.4 is 0 Å². The van der Waals surface area contributed by atoms with Gasteiger partial charge in [0.2, 0.25) is 0 Å². The minimum Gasteiger partial charge on any atom is -0.410 e. The summed E-state index contributed by atoms with van der Waals surface area (Å²) in [6.07, 6.45) is 5.15. The van der Waals surface area contributed by atoms with Crippen molar-refractivity contribution in [3.8, 4) is 0 Å². The van der Waals surface area contributed by atoms with E-state index in [1.54, 1.807) is 12.2 Å². The lowest BCUT2D eigenvalue weighted by molar-refractivity contribution is -0.140.